The molecule has 0 unspecified atom stereocenters. The van der Waals surface area contributed by atoms with Crippen molar-refractivity contribution in [2.45, 2.75) is 13.5 Å². The van der Waals surface area contributed by atoms with Gasteiger partial charge in [-0.05, 0) is 42.3 Å². The molecule has 120 valence electrons. The minimum Gasteiger partial charge on any atom is -0.493 e. The number of aromatic amines is 1. The number of hydrogen-bond acceptors (Lipinski definition) is 7. The number of thiol groups is 1. The van der Waals surface area contributed by atoms with Crippen molar-refractivity contribution >= 4 is 12.8 Å². The molecular formula is C13H14N6O3S. The third-order valence-electron chi connectivity index (χ3n) is 3.02. The van der Waals surface area contributed by atoms with Crippen molar-refractivity contribution in [1.82, 2.24) is 29.4 Å². The normalized spacial score (nSPS) is 10.7. The first-order valence-corrected chi connectivity index (χ1v) is 7.22. The van der Waals surface area contributed by atoms with Crippen LogP contribution in [0.25, 0.3) is 5.69 Å². The summed E-state index contributed by atoms with van der Waals surface area (Å²) in [6.45, 7) is 2.51. The Labute approximate surface area is 136 Å². The highest BCUT2D eigenvalue weighted by molar-refractivity contribution is 7.78. The van der Waals surface area contributed by atoms with Crippen LogP contribution in [0.2, 0.25) is 0 Å². The van der Waals surface area contributed by atoms with E-state index in [0.717, 1.165) is 4.68 Å². The second-order valence-electron chi connectivity index (χ2n) is 4.47. The van der Waals surface area contributed by atoms with E-state index in [0.29, 0.717) is 29.5 Å². The molecule has 0 amide bonds. The van der Waals surface area contributed by atoms with E-state index in [1.807, 2.05) is 6.92 Å². The van der Waals surface area contributed by atoms with E-state index in [-0.39, 0.29) is 6.61 Å². The van der Waals surface area contributed by atoms with Gasteiger partial charge in [0.15, 0.2) is 0 Å². The molecule has 0 radical (unpaired) electrons. The fourth-order valence-corrected chi connectivity index (χ4v) is 2.22. The van der Waals surface area contributed by atoms with Crippen molar-refractivity contribution in [3.8, 4) is 17.3 Å². The minimum atomic E-state index is -0.445. The summed E-state index contributed by atoms with van der Waals surface area (Å²) in [7, 11) is 0. The van der Waals surface area contributed by atoms with Crippen LogP contribution >= 0.6 is 12.8 Å². The number of hydrogen-bond donors (Lipinski definition) is 2. The predicted molar refractivity (Wildman–Crippen MR) is 84.1 cm³/mol. The van der Waals surface area contributed by atoms with Gasteiger partial charge in [-0.15, -0.1) is 5.10 Å². The first kappa shape index (κ1) is 15.2. The number of ether oxygens (including phenoxy) is 2. The van der Waals surface area contributed by atoms with Crippen molar-refractivity contribution in [3.63, 3.8) is 0 Å². The monoisotopic (exact) mass is 334 g/mol. The van der Waals surface area contributed by atoms with Gasteiger partial charge in [-0.1, -0.05) is 6.07 Å². The lowest BCUT2D eigenvalue weighted by Gasteiger charge is -2.14. The van der Waals surface area contributed by atoms with Gasteiger partial charge in [0.05, 0.1) is 17.9 Å². The third-order valence-corrected chi connectivity index (χ3v) is 3.25. The average Bonchev–Trinajstić information content (AvgIpc) is 3.14. The highest BCUT2D eigenvalue weighted by atomic mass is 32.1. The van der Waals surface area contributed by atoms with Crippen LogP contribution in [0.15, 0.2) is 35.3 Å². The fourth-order valence-electron chi connectivity index (χ4n) is 2.06. The molecule has 0 aliphatic rings. The Morgan fingerprint density at radius 2 is 2.17 bits per heavy atom. The maximum absolute atomic E-state index is 11.8. The summed E-state index contributed by atoms with van der Waals surface area (Å²) in [5.41, 5.74) is 0.749. The van der Waals surface area contributed by atoms with E-state index in [1.165, 1.54) is 4.09 Å². The smallest absolute Gasteiger partial charge is 0.365 e. The lowest BCUT2D eigenvalue weighted by atomic mass is 10.1. The summed E-state index contributed by atoms with van der Waals surface area (Å²) in [5.74, 6) is 1.01. The Balaban J connectivity index is 1.97. The SMILES string of the molecule is CCOc1cccc(-n2nn[nH]c2=O)c1COc1ccn(S)n1. The van der Waals surface area contributed by atoms with Crippen LogP contribution in [-0.4, -0.2) is 36.0 Å². The molecule has 0 fully saturated rings. The molecule has 0 atom stereocenters. The summed E-state index contributed by atoms with van der Waals surface area (Å²) in [6, 6.07) is 6.99. The van der Waals surface area contributed by atoms with Crippen molar-refractivity contribution in [1.29, 1.82) is 0 Å². The Hall–Kier alpha value is -2.75. The minimum absolute atomic E-state index is 0.148. The maximum Gasteiger partial charge on any atom is 0.365 e. The van der Waals surface area contributed by atoms with Gasteiger partial charge in [0.1, 0.15) is 12.4 Å². The summed E-state index contributed by atoms with van der Waals surface area (Å²) in [4.78, 5) is 11.8. The molecule has 0 saturated carbocycles. The molecule has 23 heavy (non-hydrogen) atoms. The molecule has 1 aromatic carbocycles. The van der Waals surface area contributed by atoms with Crippen LogP contribution < -0.4 is 15.2 Å². The molecule has 2 heterocycles. The van der Waals surface area contributed by atoms with Gasteiger partial charge < -0.3 is 9.47 Å². The summed E-state index contributed by atoms with van der Waals surface area (Å²) >= 11 is 4.05. The number of nitrogens with zero attached hydrogens (tertiary/aromatic N) is 5. The van der Waals surface area contributed by atoms with Crippen LogP contribution in [0, 0.1) is 0 Å². The van der Waals surface area contributed by atoms with E-state index in [4.69, 9.17) is 9.47 Å². The Bertz CT molecular complexity index is 855. The second-order valence-corrected chi connectivity index (χ2v) is 4.88. The topological polar surface area (TPSA) is 99.9 Å². The van der Waals surface area contributed by atoms with Gasteiger partial charge in [-0.2, -0.15) is 4.68 Å². The molecule has 3 aromatic rings. The molecule has 2 aromatic heterocycles. The number of tetrazole rings is 1. The van der Waals surface area contributed by atoms with Crippen LogP contribution in [-0.2, 0) is 6.61 Å². The first-order valence-electron chi connectivity index (χ1n) is 6.82. The maximum atomic E-state index is 11.8. The first-order chi connectivity index (χ1) is 11.2. The Morgan fingerprint density at radius 1 is 1.30 bits per heavy atom. The molecule has 10 heteroatoms. The molecule has 9 nitrogen and oxygen atoms in total. The van der Waals surface area contributed by atoms with Crippen LogP contribution in [0.3, 0.4) is 0 Å². The second kappa shape index (κ2) is 6.57. The average molecular weight is 334 g/mol. The lowest BCUT2D eigenvalue weighted by molar-refractivity contribution is 0.276. The van der Waals surface area contributed by atoms with Crippen molar-refractivity contribution in [2.24, 2.45) is 0 Å². The molecule has 0 aliphatic heterocycles. The molecule has 0 aliphatic carbocycles. The number of nitrogens with one attached hydrogen (secondary N) is 1. The van der Waals surface area contributed by atoms with Crippen molar-refractivity contribution < 1.29 is 9.47 Å². The van der Waals surface area contributed by atoms with Gasteiger partial charge in [0.25, 0.3) is 0 Å². The van der Waals surface area contributed by atoms with Crippen LogP contribution in [0.4, 0.5) is 0 Å². The number of H-pyrrole nitrogens is 1. The summed E-state index contributed by atoms with van der Waals surface area (Å²) < 4.78 is 13.7. The molecule has 0 saturated heterocycles. The highest BCUT2D eigenvalue weighted by Crippen LogP contribution is 2.26. The van der Waals surface area contributed by atoms with Crippen LogP contribution in [0.5, 0.6) is 11.6 Å². The van der Waals surface area contributed by atoms with Gasteiger partial charge >= 0.3 is 5.69 Å². The summed E-state index contributed by atoms with van der Waals surface area (Å²) in [6.07, 6.45) is 1.65. The summed E-state index contributed by atoms with van der Waals surface area (Å²) in [5, 5.41) is 13.6. The lowest BCUT2D eigenvalue weighted by Crippen LogP contribution is -2.18. The van der Waals surface area contributed by atoms with E-state index in [9.17, 15) is 4.79 Å². The van der Waals surface area contributed by atoms with Crippen molar-refractivity contribution in [2.75, 3.05) is 6.61 Å². The zero-order valence-electron chi connectivity index (χ0n) is 12.2. The van der Waals surface area contributed by atoms with E-state index in [1.54, 1.807) is 30.5 Å². The molecule has 1 N–H and O–H groups in total. The fraction of sp³-hybridized carbons (Fsp3) is 0.231. The van der Waals surface area contributed by atoms with Crippen molar-refractivity contribution in [3.05, 3.63) is 46.5 Å². The van der Waals surface area contributed by atoms with Crippen LogP contribution in [0.1, 0.15) is 12.5 Å². The zero-order valence-corrected chi connectivity index (χ0v) is 13.1. The standard InChI is InChI=1S/C13H14N6O3S/c1-2-21-11-5-3-4-10(19-13(20)14-16-17-19)9(11)8-22-12-6-7-18(23)15-12/h3-7,23H,2,8H2,1H3,(H,14,17,20). The van der Waals surface area contributed by atoms with Gasteiger partial charge in [-0.3, -0.25) is 0 Å². The quantitative estimate of drug-likeness (QED) is 0.648. The third kappa shape index (κ3) is 3.21. The highest BCUT2D eigenvalue weighted by Gasteiger charge is 2.15. The number of aromatic nitrogens is 6. The molecule has 3 rings (SSSR count). The van der Waals surface area contributed by atoms with Gasteiger partial charge in [-0.25, -0.2) is 14.0 Å². The predicted octanol–water partition coefficient (Wildman–Crippen LogP) is 0.823. The zero-order chi connectivity index (χ0) is 16.2. The van der Waals surface area contributed by atoms with E-state index >= 15 is 0 Å². The molecule has 0 bridgehead atoms. The van der Waals surface area contributed by atoms with E-state index in [2.05, 4.69) is 33.4 Å². The van der Waals surface area contributed by atoms with Gasteiger partial charge in [0.2, 0.25) is 5.88 Å². The Kier molecular flexibility index (Phi) is 4.33. The molecular weight excluding hydrogens is 320 g/mol. The number of benzene rings is 1. The van der Waals surface area contributed by atoms with Gasteiger partial charge in [0, 0.05) is 12.3 Å². The largest absolute Gasteiger partial charge is 0.493 e. The number of rotatable bonds is 6. The molecule has 0 spiro atoms. The van der Waals surface area contributed by atoms with E-state index < -0.39 is 5.69 Å². The Morgan fingerprint density at radius 3 is 2.83 bits per heavy atom.